The molecule has 1 aromatic rings. The Hall–Kier alpha value is -0.970. The zero-order valence-corrected chi connectivity index (χ0v) is 11.7. The number of rotatable bonds is 5. The van der Waals surface area contributed by atoms with Crippen LogP contribution in [0.25, 0.3) is 0 Å². The Balaban J connectivity index is 2.77. The van der Waals surface area contributed by atoms with Crippen LogP contribution in [-0.2, 0) is 4.74 Å². The van der Waals surface area contributed by atoms with Crippen molar-refractivity contribution in [1.29, 1.82) is 0 Å². The van der Waals surface area contributed by atoms with Gasteiger partial charge in [-0.15, -0.1) is 11.6 Å². The number of methoxy groups -OCH3 is 1. The van der Waals surface area contributed by atoms with Gasteiger partial charge in [0.15, 0.2) is 0 Å². The highest BCUT2D eigenvalue weighted by molar-refractivity contribution is 6.33. The third-order valence-electron chi connectivity index (χ3n) is 2.35. The van der Waals surface area contributed by atoms with E-state index in [4.69, 9.17) is 27.9 Å². The molecule has 0 fully saturated rings. The van der Waals surface area contributed by atoms with E-state index in [9.17, 15) is 9.90 Å². The lowest BCUT2D eigenvalue weighted by Crippen LogP contribution is -2.34. The molecule has 4 nitrogen and oxygen atoms in total. The van der Waals surface area contributed by atoms with Gasteiger partial charge in [0, 0.05) is 20.7 Å². The van der Waals surface area contributed by atoms with Crippen LogP contribution in [0.1, 0.15) is 10.4 Å². The number of ether oxygens (including phenoxy) is 1. The number of phenols is 1. The molecule has 0 aliphatic heterocycles. The summed E-state index contributed by atoms with van der Waals surface area (Å²) in [6, 6.07) is 4.24. The first-order chi connectivity index (χ1) is 8.45. The number of carbonyl (C=O) groups excluding carboxylic acids is 1. The minimum Gasteiger partial charge on any atom is -0.508 e. The van der Waals surface area contributed by atoms with Crippen molar-refractivity contribution in [3.05, 3.63) is 28.8 Å². The van der Waals surface area contributed by atoms with E-state index in [1.54, 1.807) is 14.2 Å². The Kier molecular flexibility index (Phi) is 5.72. The molecule has 1 N–H and O–H groups in total. The molecule has 18 heavy (non-hydrogen) atoms. The van der Waals surface area contributed by atoms with Crippen LogP contribution in [0.15, 0.2) is 18.2 Å². The van der Waals surface area contributed by atoms with Gasteiger partial charge in [0.25, 0.3) is 5.91 Å². The molecule has 1 unspecified atom stereocenters. The Morgan fingerprint density at radius 2 is 2.22 bits per heavy atom. The van der Waals surface area contributed by atoms with Crippen molar-refractivity contribution in [3.8, 4) is 5.75 Å². The topological polar surface area (TPSA) is 49.8 Å². The fourth-order valence-corrected chi connectivity index (χ4v) is 2.03. The van der Waals surface area contributed by atoms with Gasteiger partial charge in [-0.1, -0.05) is 11.6 Å². The van der Waals surface area contributed by atoms with Crippen molar-refractivity contribution < 1.29 is 14.6 Å². The van der Waals surface area contributed by atoms with Gasteiger partial charge >= 0.3 is 0 Å². The number of halogens is 2. The van der Waals surface area contributed by atoms with Crippen LogP contribution < -0.4 is 0 Å². The van der Waals surface area contributed by atoms with E-state index in [1.807, 2.05) is 0 Å². The molecule has 1 rings (SSSR count). The summed E-state index contributed by atoms with van der Waals surface area (Å²) in [7, 11) is 3.16. The van der Waals surface area contributed by atoms with Crippen molar-refractivity contribution >= 4 is 29.1 Å². The molecular weight excluding hydrogens is 277 g/mol. The van der Waals surface area contributed by atoms with E-state index in [0.29, 0.717) is 18.2 Å². The molecule has 0 radical (unpaired) electrons. The van der Waals surface area contributed by atoms with Crippen molar-refractivity contribution in [3.63, 3.8) is 0 Å². The third-order valence-corrected chi connectivity index (χ3v) is 2.94. The number of amides is 1. The third kappa shape index (κ3) is 4.05. The summed E-state index contributed by atoms with van der Waals surface area (Å²) in [5, 5.41) is 9.36. The van der Waals surface area contributed by atoms with Crippen LogP contribution in [0, 0.1) is 0 Å². The number of nitrogens with zero attached hydrogens (tertiary/aromatic N) is 1. The summed E-state index contributed by atoms with van der Waals surface area (Å²) < 4.78 is 4.90. The fourth-order valence-electron chi connectivity index (χ4n) is 1.50. The van der Waals surface area contributed by atoms with Gasteiger partial charge in [0.1, 0.15) is 5.75 Å². The maximum Gasteiger partial charge on any atom is 0.255 e. The minimum atomic E-state index is -0.294. The second kappa shape index (κ2) is 6.83. The average Bonchev–Trinajstić information content (AvgIpc) is 2.31. The van der Waals surface area contributed by atoms with Gasteiger partial charge in [-0.3, -0.25) is 4.79 Å². The molecule has 100 valence electrons. The van der Waals surface area contributed by atoms with Crippen LogP contribution in [-0.4, -0.2) is 48.6 Å². The predicted molar refractivity (Wildman–Crippen MR) is 71.6 cm³/mol. The van der Waals surface area contributed by atoms with Gasteiger partial charge in [-0.05, 0) is 18.2 Å². The lowest BCUT2D eigenvalue weighted by Gasteiger charge is -2.20. The summed E-state index contributed by atoms with van der Waals surface area (Å²) in [6.07, 6.45) is 0. The van der Waals surface area contributed by atoms with Crippen molar-refractivity contribution in [2.45, 2.75) is 5.38 Å². The van der Waals surface area contributed by atoms with Gasteiger partial charge < -0.3 is 14.7 Å². The molecule has 0 saturated heterocycles. The highest BCUT2D eigenvalue weighted by atomic mass is 35.5. The summed E-state index contributed by atoms with van der Waals surface area (Å²) in [5.41, 5.74) is 0.250. The number of carbonyl (C=O) groups is 1. The molecular formula is C12H15Cl2NO3. The monoisotopic (exact) mass is 291 g/mol. The number of benzene rings is 1. The van der Waals surface area contributed by atoms with E-state index in [0.717, 1.165) is 0 Å². The zero-order valence-electron chi connectivity index (χ0n) is 10.2. The molecule has 0 aliphatic rings. The zero-order chi connectivity index (χ0) is 13.7. The minimum absolute atomic E-state index is 0.00420. The van der Waals surface area contributed by atoms with Crippen molar-refractivity contribution in [2.24, 2.45) is 0 Å². The Morgan fingerprint density at radius 3 is 2.83 bits per heavy atom. The number of hydrogen-bond donors (Lipinski definition) is 1. The van der Waals surface area contributed by atoms with Crippen LogP contribution in [0.3, 0.4) is 0 Å². The lowest BCUT2D eigenvalue weighted by molar-refractivity contribution is 0.0781. The quantitative estimate of drug-likeness (QED) is 0.848. The smallest absolute Gasteiger partial charge is 0.255 e. The second-order valence-corrected chi connectivity index (χ2v) is 4.93. The Morgan fingerprint density at radius 1 is 1.56 bits per heavy atom. The molecule has 1 aromatic carbocycles. The first-order valence-corrected chi connectivity index (χ1v) is 6.14. The molecule has 0 spiro atoms. The second-order valence-electron chi connectivity index (χ2n) is 3.90. The van der Waals surface area contributed by atoms with Crippen LogP contribution in [0.2, 0.25) is 5.02 Å². The van der Waals surface area contributed by atoms with E-state index >= 15 is 0 Å². The molecule has 1 amide bonds. The summed E-state index contributed by atoms with van der Waals surface area (Å²) in [4.78, 5) is 13.5. The lowest BCUT2D eigenvalue weighted by atomic mass is 10.2. The van der Waals surface area contributed by atoms with Gasteiger partial charge in [-0.2, -0.15) is 0 Å². The normalized spacial score (nSPS) is 12.2. The summed E-state index contributed by atoms with van der Waals surface area (Å²) in [6.45, 7) is 0.688. The van der Waals surface area contributed by atoms with E-state index in [1.165, 1.54) is 23.1 Å². The molecule has 0 aromatic heterocycles. The highest BCUT2D eigenvalue weighted by Gasteiger charge is 2.18. The largest absolute Gasteiger partial charge is 0.508 e. The average molecular weight is 292 g/mol. The van der Waals surface area contributed by atoms with Gasteiger partial charge in [0.05, 0.1) is 22.6 Å². The maximum absolute atomic E-state index is 12.1. The number of hydrogen-bond acceptors (Lipinski definition) is 3. The van der Waals surface area contributed by atoms with Gasteiger partial charge in [-0.25, -0.2) is 0 Å². The fraction of sp³-hybridized carbons (Fsp3) is 0.417. The van der Waals surface area contributed by atoms with Crippen molar-refractivity contribution in [2.75, 3.05) is 27.3 Å². The highest BCUT2D eigenvalue weighted by Crippen LogP contribution is 2.22. The van der Waals surface area contributed by atoms with E-state index in [2.05, 4.69) is 0 Å². The first-order valence-electron chi connectivity index (χ1n) is 5.32. The van der Waals surface area contributed by atoms with Crippen LogP contribution >= 0.6 is 23.2 Å². The number of phenolic OH excluding ortho intramolecular Hbond substituents is 1. The molecule has 1 atom stereocenters. The standard InChI is InChI=1S/C12H15Cl2NO3/c1-15(6-8(13)7-18-2)12(17)10-5-9(16)3-4-11(10)14/h3-5,8,16H,6-7H2,1-2H3. The molecule has 0 bridgehead atoms. The molecule has 0 saturated carbocycles. The summed E-state index contributed by atoms with van der Waals surface area (Å²) in [5.74, 6) is -0.298. The number of alkyl halides is 1. The van der Waals surface area contributed by atoms with Gasteiger partial charge in [0.2, 0.25) is 0 Å². The predicted octanol–water partition coefficient (Wildman–Crippen LogP) is 2.37. The first kappa shape index (κ1) is 15.1. The Labute approximate surface area is 116 Å². The SMILES string of the molecule is COCC(Cl)CN(C)C(=O)c1cc(O)ccc1Cl. The molecule has 0 heterocycles. The summed E-state index contributed by atoms with van der Waals surface area (Å²) >= 11 is 11.9. The van der Waals surface area contributed by atoms with E-state index in [-0.39, 0.29) is 22.6 Å². The van der Waals surface area contributed by atoms with Crippen LogP contribution in [0.4, 0.5) is 0 Å². The number of aromatic hydroxyl groups is 1. The Bertz CT molecular complexity index is 426. The molecule has 0 aliphatic carbocycles. The van der Waals surface area contributed by atoms with Crippen LogP contribution in [0.5, 0.6) is 5.75 Å². The van der Waals surface area contributed by atoms with Crippen molar-refractivity contribution in [1.82, 2.24) is 4.90 Å². The maximum atomic E-state index is 12.1. The molecule has 6 heteroatoms. The van der Waals surface area contributed by atoms with E-state index < -0.39 is 0 Å².